The van der Waals surface area contributed by atoms with Gasteiger partial charge in [-0.05, 0) is 36.7 Å². The number of rotatable bonds is 9. The molecule has 0 saturated carbocycles. The molecule has 8 heteroatoms. The Morgan fingerprint density at radius 3 is 2.56 bits per heavy atom. The zero-order valence-corrected chi connectivity index (χ0v) is 21.6. The van der Waals surface area contributed by atoms with E-state index in [0.717, 1.165) is 44.7 Å². The van der Waals surface area contributed by atoms with Crippen LogP contribution in [0, 0.1) is 0 Å². The molecule has 7 nitrogen and oxygen atoms in total. The number of guanidine groups is 1. The van der Waals surface area contributed by atoms with Crippen LogP contribution in [0.3, 0.4) is 0 Å². The minimum atomic E-state index is 0. The highest BCUT2D eigenvalue weighted by atomic mass is 127. The van der Waals surface area contributed by atoms with Crippen LogP contribution < -0.4 is 20.5 Å². The monoisotopic (exact) mass is 553 g/mol. The molecule has 2 aromatic carbocycles. The number of hydrogen-bond donors (Lipinski definition) is 2. The molecule has 2 aromatic rings. The van der Waals surface area contributed by atoms with Gasteiger partial charge in [-0.3, -0.25) is 4.90 Å². The minimum absolute atomic E-state index is 0. The fourth-order valence-corrected chi connectivity index (χ4v) is 3.93. The lowest BCUT2D eigenvalue weighted by atomic mass is 10.0. The Bertz CT molecular complexity index is 850. The van der Waals surface area contributed by atoms with Crippen molar-refractivity contribution in [3.63, 3.8) is 0 Å². The molecule has 1 atom stereocenters. The number of methoxy groups -OCH3 is 2. The SMILES string of the molecule is COc1ccc(CN=C(N)NCCCN2CCN(C)CC2c2ccccc2)cc1OC.I. The average Bonchev–Trinajstić information content (AvgIpc) is 2.81. The second-order valence-corrected chi connectivity index (χ2v) is 7.90. The smallest absolute Gasteiger partial charge is 0.188 e. The first-order valence-electron chi connectivity index (χ1n) is 10.8. The van der Waals surface area contributed by atoms with Gasteiger partial charge in [0.1, 0.15) is 0 Å². The van der Waals surface area contributed by atoms with E-state index in [1.54, 1.807) is 14.2 Å². The Morgan fingerprint density at radius 2 is 1.84 bits per heavy atom. The van der Waals surface area contributed by atoms with Crippen LogP contribution >= 0.6 is 24.0 Å². The van der Waals surface area contributed by atoms with E-state index < -0.39 is 0 Å². The molecule has 176 valence electrons. The third kappa shape index (κ3) is 7.53. The van der Waals surface area contributed by atoms with Crippen LogP contribution in [0.15, 0.2) is 53.5 Å². The van der Waals surface area contributed by atoms with Crippen molar-refractivity contribution in [2.75, 3.05) is 54.0 Å². The first-order valence-corrected chi connectivity index (χ1v) is 10.8. The van der Waals surface area contributed by atoms with E-state index in [4.69, 9.17) is 15.2 Å². The van der Waals surface area contributed by atoms with Crippen molar-refractivity contribution in [1.82, 2.24) is 15.1 Å². The van der Waals surface area contributed by atoms with E-state index in [9.17, 15) is 0 Å². The van der Waals surface area contributed by atoms with E-state index in [0.29, 0.717) is 30.0 Å². The van der Waals surface area contributed by atoms with Gasteiger partial charge in [0.15, 0.2) is 17.5 Å². The number of likely N-dealkylation sites (N-methyl/N-ethyl adjacent to an activating group) is 1. The predicted octanol–water partition coefficient (Wildman–Crippen LogP) is 3.10. The molecule has 3 rings (SSSR count). The quantitative estimate of drug-likeness (QED) is 0.215. The number of nitrogens with one attached hydrogen (secondary N) is 1. The summed E-state index contributed by atoms with van der Waals surface area (Å²) in [5.74, 6) is 1.87. The lowest BCUT2D eigenvalue weighted by Crippen LogP contribution is -2.47. The summed E-state index contributed by atoms with van der Waals surface area (Å²) in [6, 6.07) is 17.0. The van der Waals surface area contributed by atoms with Crippen molar-refractivity contribution < 1.29 is 9.47 Å². The maximum absolute atomic E-state index is 6.07. The molecule has 32 heavy (non-hydrogen) atoms. The number of benzene rings is 2. The lowest BCUT2D eigenvalue weighted by Gasteiger charge is -2.40. The summed E-state index contributed by atoms with van der Waals surface area (Å²) in [7, 11) is 5.45. The molecule has 0 spiro atoms. The highest BCUT2D eigenvalue weighted by Crippen LogP contribution is 2.28. The van der Waals surface area contributed by atoms with Crippen LogP contribution in [-0.4, -0.2) is 69.8 Å². The molecular weight excluding hydrogens is 517 g/mol. The van der Waals surface area contributed by atoms with E-state index in [1.807, 2.05) is 18.2 Å². The lowest BCUT2D eigenvalue weighted by molar-refractivity contribution is 0.0891. The zero-order chi connectivity index (χ0) is 22.1. The molecule has 1 aliphatic heterocycles. The van der Waals surface area contributed by atoms with Gasteiger partial charge in [0, 0.05) is 38.8 Å². The van der Waals surface area contributed by atoms with Crippen LogP contribution in [0.2, 0.25) is 0 Å². The van der Waals surface area contributed by atoms with E-state index in [2.05, 4.69) is 57.5 Å². The van der Waals surface area contributed by atoms with Crippen LogP contribution in [0.25, 0.3) is 0 Å². The molecule has 0 bridgehead atoms. The van der Waals surface area contributed by atoms with Gasteiger partial charge in [-0.1, -0.05) is 36.4 Å². The molecule has 1 heterocycles. The summed E-state index contributed by atoms with van der Waals surface area (Å²) in [6.45, 7) is 5.57. The minimum Gasteiger partial charge on any atom is -0.493 e. The summed E-state index contributed by atoms with van der Waals surface area (Å²) in [6.07, 6.45) is 1.01. The highest BCUT2D eigenvalue weighted by Gasteiger charge is 2.25. The third-order valence-electron chi connectivity index (χ3n) is 5.69. The summed E-state index contributed by atoms with van der Waals surface area (Å²) < 4.78 is 10.6. The normalized spacial score (nSPS) is 17.5. The molecule has 1 fully saturated rings. The van der Waals surface area contributed by atoms with Crippen molar-refractivity contribution in [2.24, 2.45) is 10.7 Å². The maximum atomic E-state index is 6.07. The molecule has 1 unspecified atom stereocenters. The van der Waals surface area contributed by atoms with Crippen molar-refractivity contribution >= 4 is 29.9 Å². The standard InChI is InChI=1S/C24H35N5O2.HI/c1-28-14-15-29(21(18-28)20-8-5-4-6-9-20)13-7-12-26-24(25)27-17-19-10-11-22(30-2)23(16-19)31-3;/h4-6,8-11,16,21H,7,12-15,17-18H2,1-3H3,(H3,25,26,27);1H. The maximum Gasteiger partial charge on any atom is 0.188 e. The van der Waals surface area contributed by atoms with Gasteiger partial charge in [0.25, 0.3) is 0 Å². The first kappa shape index (κ1) is 26.2. The van der Waals surface area contributed by atoms with Gasteiger partial charge < -0.3 is 25.4 Å². The van der Waals surface area contributed by atoms with Crippen molar-refractivity contribution in [3.05, 3.63) is 59.7 Å². The second-order valence-electron chi connectivity index (χ2n) is 7.90. The van der Waals surface area contributed by atoms with E-state index >= 15 is 0 Å². The summed E-state index contributed by atoms with van der Waals surface area (Å²) in [5, 5.41) is 3.24. The van der Waals surface area contributed by atoms with Crippen molar-refractivity contribution in [1.29, 1.82) is 0 Å². The van der Waals surface area contributed by atoms with Gasteiger partial charge in [-0.25, -0.2) is 4.99 Å². The van der Waals surface area contributed by atoms with E-state index in [-0.39, 0.29) is 24.0 Å². The molecule has 1 saturated heterocycles. The number of nitrogens with two attached hydrogens (primary N) is 1. The number of nitrogens with zero attached hydrogens (tertiary/aromatic N) is 3. The van der Waals surface area contributed by atoms with Crippen LogP contribution in [0.4, 0.5) is 0 Å². The van der Waals surface area contributed by atoms with Gasteiger partial charge in [-0.2, -0.15) is 0 Å². The largest absolute Gasteiger partial charge is 0.493 e. The molecule has 1 aliphatic rings. The van der Waals surface area contributed by atoms with Gasteiger partial charge >= 0.3 is 0 Å². The Hall–Kier alpha value is -2.04. The summed E-state index contributed by atoms with van der Waals surface area (Å²) in [5.41, 5.74) is 8.47. The number of halogens is 1. The van der Waals surface area contributed by atoms with Crippen molar-refractivity contribution in [2.45, 2.75) is 19.0 Å². The highest BCUT2D eigenvalue weighted by molar-refractivity contribution is 14.0. The van der Waals surface area contributed by atoms with Crippen LogP contribution in [0.1, 0.15) is 23.6 Å². The van der Waals surface area contributed by atoms with Gasteiger partial charge in [-0.15, -0.1) is 24.0 Å². The Balaban J connectivity index is 0.00000363. The molecule has 0 aromatic heterocycles. The topological polar surface area (TPSA) is 75.4 Å². The predicted molar refractivity (Wildman–Crippen MR) is 141 cm³/mol. The molecule has 3 N–H and O–H groups in total. The van der Waals surface area contributed by atoms with Crippen molar-refractivity contribution in [3.8, 4) is 11.5 Å². The Morgan fingerprint density at radius 1 is 1.09 bits per heavy atom. The van der Waals surface area contributed by atoms with E-state index in [1.165, 1.54) is 5.56 Å². The Labute approximate surface area is 209 Å². The summed E-state index contributed by atoms with van der Waals surface area (Å²) >= 11 is 0. The fraction of sp³-hybridized carbons (Fsp3) is 0.458. The molecular formula is C24H36IN5O2. The molecule has 0 radical (unpaired) electrons. The second kappa shape index (κ2) is 13.5. The first-order chi connectivity index (χ1) is 15.1. The van der Waals surface area contributed by atoms with Gasteiger partial charge in [0.05, 0.1) is 20.8 Å². The number of hydrogen-bond acceptors (Lipinski definition) is 5. The average molecular weight is 553 g/mol. The zero-order valence-electron chi connectivity index (χ0n) is 19.3. The summed E-state index contributed by atoms with van der Waals surface area (Å²) in [4.78, 5) is 9.43. The molecule has 0 aliphatic carbocycles. The fourth-order valence-electron chi connectivity index (χ4n) is 3.93. The number of ether oxygens (including phenoxy) is 2. The van der Waals surface area contributed by atoms with Crippen LogP contribution in [0.5, 0.6) is 11.5 Å². The molecule has 0 amide bonds. The number of aliphatic imine (C=N–C) groups is 1. The van der Waals surface area contributed by atoms with Gasteiger partial charge in [0.2, 0.25) is 0 Å². The van der Waals surface area contributed by atoms with Crippen LogP contribution in [-0.2, 0) is 6.54 Å². The third-order valence-corrected chi connectivity index (χ3v) is 5.69. The Kier molecular flexibility index (Phi) is 11.1. The number of piperazine rings is 1.